The van der Waals surface area contributed by atoms with Crippen LogP contribution in [0.1, 0.15) is 16.1 Å². The Morgan fingerprint density at radius 3 is 2.94 bits per heavy atom. The van der Waals surface area contributed by atoms with Crippen molar-refractivity contribution >= 4 is 11.6 Å². The van der Waals surface area contributed by atoms with Gasteiger partial charge in [-0.2, -0.15) is 5.10 Å². The van der Waals surface area contributed by atoms with Gasteiger partial charge in [0.1, 0.15) is 11.5 Å². The van der Waals surface area contributed by atoms with Gasteiger partial charge in [0.15, 0.2) is 0 Å². The quantitative estimate of drug-likeness (QED) is 0.853. The fraction of sp³-hybridized carbons (Fsp3) is 0.167. The van der Waals surface area contributed by atoms with E-state index in [9.17, 15) is 9.18 Å². The van der Waals surface area contributed by atoms with Gasteiger partial charge < -0.3 is 11.1 Å². The van der Waals surface area contributed by atoms with Crippen molar-refractivity contribution in [1.29, 1.82) is 0 Å². The molecule has 0 unspecified atom stereocenters. The molecule has 1 aromatic heterocycles. The summed E-state index contributed by atoms with van der Waals surface area (Å²) in [5.74, 6) is -0.668. The standard InChI is InChI=1S/C12H13FN4O/c1-17-11(10(14)7-16-17)12(18)15-6-8-3-2-4-9(13)5-8/h2-5,7H,6,14H2,1H3,(H,15,18). The second kappa shape index (κ2) is 4.87. The molecule has 1 heterocycles. The van der Waals surface area contributed by atoms with Crippen LogP contribution in [0.2, 0.25) is 0 Å². The van der Waals surface area contributed by atoms with Gasteiger partial charge in [-0.1, -0.05) is 12.1 Å². The third-order valence-electron chi connectivity index (χ3n) is 2.52. The van der Waals surface area contributed by atoms with E-state index >= 15 is 0 Å². The van der Waals surface area contributed by atoms with E-state index in [1.807, 2.05) is 0 Å². The van der Waals surface area contributed by atoms with Gasteiger partial charge in [-0.15, -0.1) is 0 Å². The number of hydrogen-bond donors (Lipinski definition) is 2. The first kappa shape index (κ1) is 12.1. The molecule has 2 rings (SSSR count). The number of anilines is 1. The topological polar surface area (TPSA) is 72.9 Å². The zero-order valence-electron chi connectivity index (χ0n) is 9.85. The van der Waals surface area contributed by atoms with Crippen LogP contribution in [0.3, 0.4) is 0 Å². The van der Waals surface area contributed by atoms with E-state index < -0.39 is 0 Å². The molecule has 0 aliphatic heterocycles. The molecule has 0 bridgehead atoms. The summed E-state index contributed by atoms with van der Waals surface area (Å²) in [6.45, 7) is 0.237. The molecule has 2 aromatic rings. The number of nitrogen functional groups attached to an aromatic ring is 1. The lowest BCUT2D eigenvalue weighted by Crippen LogP contribution is -2.26. The Morgan fingerprint density at radius 1 is 1.56 bits per heavy atom. The highest BCUT2D eigenvalue weighted by Crippen LogP contribution is 2.09. The zero-order valence-corrected chi connectivity index (χ0v) is 9.85. The summed E-state index contributed by atoms with van der Waals surface area (Å²) in [5.41, 5.74) is 6.93. The second-order valence-electron chi connectivity index (χ2n) is 3.88. The zero-order chi connectivity index (χ0) is 13.1. The molecule has 1 aromatic carbocycles. The van der Waals surface area contributed by atoms with Crippen molar-refractivity contribution in [2.24, 2.45) is 7.05 Å². The minimum Gasteiger partial charge on any atom is -0.396 e. The Hall–Kier alpha value is -2.37. The average Bonchev–Trinajstić information content (AvgIpc) is 2.66. The number of aromatic nitrogens is 2. The van der Waals surface area contributed by atoms with Gasteiger partial charge in [0.05, 0.1) is 11.9 Å². The van der Waals surface area contributed by atoms with E-state index in [1.165, 1.54) is 23.0 Å². The van der Waals surface area contributed by atoms with Crippen LogP contribution in [0, 0.1) is 5.82 Å². The Labute approximate surface area is 103 Å². The van der Waals surface area contributed by atoms with Crippen LogP contribution in [-0.4, -0.2) is 15.7 Å². The highest BCUT2D eigenvalue weighted by molar-refractivity contribution is 5.97. The third kappa shape index (κ3) is 2.48. The monoisotopic (exact) mass is 248 g/mol. The lowest BCUT2D eigenvalue weighted by atomic mass is 10.2. The molecular weight excluding hydrogens is 235 g/mol. The molecule has 0 fully saturated rings. The Kier molecular flexibility index (Phi) is 3.27. The molecule has 0 aliphatic carbocycles. The average molecular weight is 248 g/mol. The fourth-order valence-corrected chi connectivity index (χ4v) is 1.65. The van der Waals surface area contributed by atoms with Crippen LogP contribution in [0.5, 0.6) is 0 Å². The van der Waals surface area contributed by atoms with Crippen molar-refractivity contribution in [3.63, 3.8) is 0 Å². The number of amides is 1. The van der Waals surface area contributed by atoms with Crippen molar-refractivity contribution < 1.29 is 9.18 Å². The highest BCUT2D eigenvalue weighted by Gasteiger charge is 2.14. The van der Waals surface area contributed by atoms with Crippen molar-refractivity contribution in [3.05, 3.63) is 47.5 Å². The van der Waals surface area contributed by atoms with Gasteiger partial charge in [0, 0.05) is 13.6 Å². The molecule has 3 N–H and O–H groups in total. The maximum absolute atomic E-state index is 12.9. The first-order valence-electron chi connectivity index (χ1n) is 5.38. The van der Waals surface area contributed by atoms with Crippen molar-refractivity contribution in [3.8, 4) is 0 Å². The van der Waals surface area contributed by atoms with Crippen LogP contribution < -0.4 is 11.1 Å². The summed E-state index contributed by atoms with van der Waals surface area (Å²) >= 11 is 0. The third-order valence-corrected chi connectivity index (χ3v) is 2.52. The predicted octanol–water partition coefficient (Wildman–Crippen LogP) is 1.07. The number of carbonyl (C=O) groups excluding carboxylic acids is 1. The summed E-state index contributed by atoms with van der Waals surface area (Å²) in [6.07, 6.45) is 1.41. The van der Waals surface area contributed by atoms with Gasteiger partial charge in [0.25, 0.3) is 5.91 Å². The molecule has 5 nitrogen and oxygen atoms in total. The predicted molar refractivity (Wildman–Crippen MR) is 65.2 cm³/mol. The Morgan fingerprint density at radius 2 is 2.33 bits per heavy atom. The van der Waals surface area contributed by atoms with Crippen molar-refractivity contribution in [2.45, 2.75) is 6.54 Å². The van der Waals surface area contributed by atoms with E-state index in [4.69, 9.17) is 5.73 Å². The van der Waals surface area contributed by atoms with Crippen molar-refractivity contribution in [2.75, 3.05) is 5.73 Å². The number of rotatable bonds is 3. The fourth-order valence-electron chi connectivity index (χ4n) is 1.65. The smallest absolute Gasteiger partial charge is 0.271 e. The number of aryl methyl sites for hydroxylation is 1. The molecule has 18 heavy (non-hydrogen) atoms. The van der Waals surface area contributed by atoms with Gasteiger partial charge in [-0.3, -0.25) is 9.48 Å². The Bertz CT molecular complexity index is 560. The van der Waals surface area contributed by atoms with Crippen LogP contribution >= 0.6 is 0 Å². The molecule has 0 radical (unpaired) electrons. The summed E-state index contributed by atoms with van der Waals surface area (Å²) in [6, 6.07) is 6.04. The van der Waals surface area contributed by atoms with Gasteiger partial charge >= 0.3 is 0 Å². The number of nitrogens with one attached hydrogen (secondary N) is 1. The maximum atomic E-state index is 12.9. The molecule has 0 atom stereocenters. The minimum atomic E-state index is -0.336. The summed E-state index contributed by atoms with van der Waals surface area (Å²) < 4.78 is 14.3. The second-order valence-corrected chi connectivity index (χ2v) is 3.88. The van der Waals surface area contributed by atoms with E-state index in [0.717, 1.165) is 0 Å². The number of nitrogens with two attached hydrogens (primary N) is 1. The lowest BCUT2D eigenvalue weighted by molar-refractivity contribution is 0.0942. The SMILES string of the molecule is Cn1ncc(N)c1C(=O)NCc1cccc(F)c1. The molecule has 0 saturated carbocycles. The van der Waals surface area contributed by atoms with E-state index in [0.29, 0.717) is 16.9 Å². The number of hydrogen-bond acceptors (Lipinski definition) is 3. The number of carbonyl (C=O) groups is 1. The largest absolute Gasteiger partial charge is 0.396 e. The molecule has 1 amide bonds. The van der Waals surface area contributed by atoms with Crippen LogP contribution in [0.15, 0.2) is 30.5 Å². The van der Waals surface area contributed by atoms with Crippen LogP contribution in [-0.2, 0) is 13.6 Å². The molecule has 0 aliphatic rings. The van der Waals surface area contributed by atoms with Crippen LogP contribution in [0.4, 0.5) is 10.1 Å². The van der Waals surface area contributed by atoms with E-state index in [1.54, 1.807) is 19.2 Å². The van der Waals surface area contributed by atoms with Gasteiger partial charge in [0.2, 0.25) is 0 Å². The minimum absolute atomic E-state index is 0.237. The summed E-state index contributed by atoms with van der Waals surface area (Å²) in [4.78, 5) is 11.9. The van der Waals surface area contributed by atoms with Crippen LogP contribution in [0.25, 0.3) is 0 Å². The van der Waals surface area contributed by atoms with Crippen molar-refractivity contribution in [1.82, 2.24) is 15.1 Å². The number of benzene rings is 1. The number of nitrogens with zero attached hydrogens (tertiary/aromatic N) is 2. The summed E-state index contributed by atoms with van der Waals surface area (Å²) in [5, 5.41) is 6.54. The molecular formula is C12H13FN4O. The molecule has 0 saturated heterocycles. The highest BCUT2D eigenvalue weighted by atomic mass is 19.1. The van der Waals surface area contributed by atoms with Gasteiger partial charge in [-0.25, -0.2) is 4.39 Å². The summed E-state index contributed by atoms with van der Waals surface area (Å²) in [7, 11) is 1.63. The molecule has 0 spiro atoms. The van der Waals surface area contributed by atoms with Gasteiger partial charge in [-0.05, 0) is 17.7 Å². The number of halogens is 1. The maximum Gasteiger partial charge on any atom is 0.271 e. The first-order valence-corrected chi connectivity index (χ1v) is 5.38. The normalized spacial score (nSPS) is 10.3. The first-order chi connectivity index (χ1) is 8.58. The van der Waals surface area contributed by atoms with E-state index in [-0.39, 0.29) is 18.3 Å². The molecule has 6 heteroatoms. The Balaban J connectivity index is 2.05. The van der Waals surface area contributed by atoms with E-state index in [2.05, 4.69) is 10.4 Å². The lowest BCUT2D eigenvalue weighted by Gasteiger charge is -2.06. The molecule has 94 valence electrons.